The molecule has 0 aliphatic carbocycles. The Morgan fingerprint density at radius 3 is 1.80 bits per heavy atom. The van der Waals surface area contributed by atoms with Crippen molar-refractivity contribution < 1.29 is 0 Å². The number of nitrogens with one attached hydrogen (secondary N) is 1. The van der Waals surface area contributed by atoms with E-state index in [1.54, 1.807) is 0 Å². The first kappa shape index (κ1) is 11.8. The molecule has 1 aliphatic heterocycles. The van der Waals surface area contributed by atoms with Gasteiger partial charge in [0.15, 0.2) is 0 Å². The second-order valence-corrected chi connectivity index (χ2v) is 5.45. The molecule has 0 atom stereocenters. The van der Waals surface area contributed by atoms with Gasteiger partial charge >= 0.3 is 0 Å². The average Bonchev–Trinajstić information content (AvgIpc) is 2.00. The number of rotatable bonds is 0. The Balaban J connectivity index is 3.11. The van der Waals surface area contributed by atoms with Crippen molar-refractivity contribution in [3.8, 4) is 12.1 Å². The van der Waals surface area contributed by atoms with Gasteiger partial charge in [-0.3, -0.25) is 0 Å². The van der Waals surface area contributed by atoms with Crippen LogP contribution in [0, 0.1) is 22.7 Å². The van der Waals surface area contributed by atoms with Crippen molar-refractivity contribution in [2.45, 2.75) is 51.6 Å². The van der Waals surface area contributed by atoms with Gasteiger partial charge in [0.2, 0.25) is 0 Å². The number of nitriles is 2. The first-order chi connectivity index (χ1) is 6.79. The molecule has 1 heterocycles. The van der Waals surface area contributed by atoms with Gasteiger partial charge in [0.1, 0.15) is 17.7 Å². The molecule has 0 aromatic rings. The highest BCUT2D eigenvalue weighted by Crippen LogP contribution is 2.33. The van der Waals surface area contributed by atoms with Crippen LogP contribution >= 0.6 is 0 Å². The van der Waals surface area contributed by atoms with Crippen LogP contribution in [-0.2, 0) is 0 Å². The van der Waals surface area contributed by atoms with Gasteiger partial charge in [0, 0.05) is 11.1 Å². The van der Waals surface area contributed by atoms with E-state index < -0.39 is 0 Å². The second-order valence-electron chi connectivity index (χ2n) is 5.45. The highest BCUT2D eigenvalue weighted by atomic mass is 15.0. The Kier molecular flexibility index (Phi) is 2.88. The highest BCUT2D eigenvalue weighted by molar-refractivity contribution is 5.42. The van der Waals surface area contributed by atoms with Gasteiger partial charge in [-0.15, -0.1) is 0 Å². The maximum absolute atomic E-state index is 8.87. The number of allylic oxidation sites excluding steroid dienone is 1. The van der Waals surface area contributed by atoms with Crippen LogP contribution < -0.4 is 5.32 Å². The molecule has 0 spiro atoms. The Morgan fingerprint density at radius 1 is 1.07 bits per heavy atom. The minimum atomic E-state index is -0.0456. The molecular weight excluding hydrogens is 186 g/mol. The molecule has 0 saturated carbocycles. The fourth-order valence-electron chi connectivity index (χ4n) is 2.49. The SMILES string of the molecule is CC1(C)CC(=C(C#N)C#N)CC(C)(C)N1. The van der Waals surface area contributed by atoms with Crippen LogP contribution in [0.1, 0.15) is 40.5 Å². The molecule has 1 fully saturated rings. The fourth-order valence-corrected chi connectivity index (χ4v) is 2.49. The van der Waals surface area contributed by atoms with Gasteiger partial charge in [-0.2, -0.15) is 10.5 Å². The molecule has 0 aromatic carbocycles. The molecule has 1 aliphatic rings. The van der Waals surface area contributed by atoms with Crippen LogP contribution in [0.4, 0.5) is 0 Å². The maximum atomic E-state index is 8.87. The van der Waals surface area contributed by atoms with Gasteiger partial charge in [0.25, 0.3) is 0 Å². The quantitative estimate of drug-likeness (QED) is 0.614. The number of piperidine rings is 1. The molecule has 15 heavy (non-hydrogen) atoms. The normalized spacial score (nSPS) is 22.7. The fraction of sp³-hybridized carbons (Fsp3) is 0.667. The third kappa shape index (κ3) is 2.81. The predicted octanol–water partition coefficient (Wildman–Crippen LogP) is 2.27. The monoisotopic (exact) mass is 203 g/mol. The van der Waals surface area contributed by atoms with E-state index in [4.69, 9.17) is 10.5 Å². The van der Waals surface area contributed by atoms with E-state index in [1.807, 2.05) is 12.1 Å². The van der Waals surface area contributed by atoms with Gasteiger partial charge in [-0.05, 0) is 46.1 Å². The Hall–Kier alpha value is -1.32. The van der Waals surface area contributed by atoms with Crippen molar-refractivity contribution in [1.29, 1.82) is 10.5 Å². The molecule has 1 saturated heterocycles. The van der Waals surface area contributed by atoms with E-state index >= 15 is 0 Å². The summed E-state index contributed by atoms with van der Waals surface area (Å²) >= 11 is 0. The van der Waals surface area contributed by atoms with Crippen molar-refractivity contribution in [2.24, 2.45) is 0 Å². The van der Waals surface area contributed by atoms with Crippen molar-refractivity contribution >= 4 is 0 Å². The van der Waals surface area contributed by atoms with E-state index in [1.165, 1.54) is 0 Å². The number of nitrogens with zero attached hydrogens (tertiary/aromatic N) is 2. The van der Waals surface area contributed by atoms with Crippen molar-refractivity contribution in [3.05, 3.63) is 11.1 Å². The topological polar surface area (TPSA) is 59.6 Å². The summed E-state index contributed by atoms with van der Waals surface area (Å²) in [4.78, 5) is 0. The van der Waals surface area contributed by atoms with Gasteiger partial charge in [-0.1, -0.05) is 0 Å². The zero-order valence-corrected chi connectivity index (χ0v) is 9.81. The molecular formula is C12H17N3. The van der Waals surface area contributed by atoms with Crippen LogP contribution in [0.15, 0.2) is 11.1 Å². The summed E-state index contributed by atoms with van der Waals surface area (Å²) in [6, 6.07) is 3.98. The molecule has 0 unspecified atom stereocenters. The first-order valence-electron chi connectivity index (χ1n) is 5.11. The lowest BCUT2D eigenvalue weighted by atomic mass is 9.78. The molecule has 0 amide bonds. The van der Waals surface area contributed by atoms with Crippen LogP contribution in [0.5, 0.6) is 0 Å². The third-order valence-electron chi connectivity index (χ3n) is 2.56. The Bertz CT molecular complexity index is 341. The molecule has 1 N–H and O–H groups in total. The molecule has 3 heteroatoms. The van der Waals surface area contributed by atoms with E-state index in [0.29, 0.717) is 0 Å². The van der Waals surface area contributed by atoms with Crippen molar-refractivity contribution in [2.75, 3.05) is 0 Å². The highest BCUT2D eigenvalue weighted by Gasteiger charge is 2.35. The summed E-state index contributed by atoms with van der Waals surface area (Å²) in [6.45, 7) is 8.39. The second kappa shape index (κ2) is 3.68. The summed E-state index contributed by atoms with van der Waals surface area (Å²) in [5, 5.41) is 21.2. The van der Waals surface area contributed by atoms with Crippen LogP contribution in [0.3, 0.4) is 0 Å². The minimum absolute atomic E-state index is 0.0456. The number of hydrogen-bond acceptors (Lipinski definition) is 3. The van der Waals surface area contributed by atoms with E-state index in [2.05, 4.69) is 33.0 Å². The molecule has 80 valence electrons. The summed E-state index contributed by atoms with van der Waals surface area (Å²) in [5.41, 5.74) is 1.18. The standard InChI is InChI=1S/C12H17N3/c1-11(2)5-9(10(7-13)8-14)6-12(3,4)15-11/h15H,5-6H2,1-4H3. The van der Waals surface area contributed by atoms with Crippen molar-refractivity contribution in [3.63, 3.8) is 0 Å². The smallest absolute Gasteiger partial charge is 0.129 e. The van der Waals surface area contributed by atoms with Crippen LogP contribution in [0.2, 0.25) is 0 Å². The summed E-state index contributed by atoms with van der Waals surface area (Å²) in [5.74, 6) is 0. The van der Waals surface area contributed by atoms with Gasteiger partial charge in [-0.25, -0.2) is 0 Å². The molecule has 0 bridgehead atoms. The first-order valence-corrected chi connectivity index (χ1v) is 5.11. The summed E-state index contributed by atoms with van der Waals surface area (Å²) in [7, 11) is 0. The third-order valence-corrected chi connectivity index (χ3v) is 2.56. The van der Waals surface area contributed by atoms with E-state index in [0.717, 1.165) is 18.4 Å². The molecule has 1 rings (SSSR count). The molecule has 0 aromatic heterocycles. The lowest BCUT2D eigenvalue weighted by molar-refractivity contribution is 0.222. The van der Waals surface area contributed by atoms with Gasteiger partial charge in [0.05, 0.1) is 0 Å². The largest absolute Gasteiger partial charge is 0.306 e. The zero-order chi connectivity index (χ0) is 11.7. The summed E-state index contributed by atoms with van der Waals surface area (Å²) < 4.78 is 0. The van der Waals surface area contributed by atoms with Crippen LogP contribution in [0.25, 0.3) is 0 Å². The Morgan fingerprint density at radius 2 is 1.47 bits per heavy atom. The average molecular weight is 203 g/mol. The maximum Gasteiger partial charge on any atom is 0.129 e. The van der Waals surface area contributed by atoms with Crippen molar-refractivity contribution in [1.82, 2.24) is 5.32 Å². The van der Waals surface area contributed by atoms with E-state index in [9.17, 15) is 0 Å². The lowest BCUT2D eigenvalue weighted by Crippen LogP contribution is -2.56. The Labute approximate surface area is 91.4 Å². The lowest BCUT2D eigenvalue weighted by Gasteiger charge is -2.43. The molecule has 3 nitrogen and oxygen atoms in total. The van der Waals surface area contributed by atoms with Crippen LogP contribution in [-0.4, -0.2) is 11.1 Å². The van der Waals surface area contributed by atoms with E-state index in [-0.39, 0.29) is 16.7 Å². The van der Waals surface area contributed by atoms with Gasteiger partial charge < -0.3 is 5.32 Å². The molecule has 0 radical (unpaired) electrons. The zero-order valence-electron chi connectivity index (χ0n) is 9.81. The number of hydrogen-bond donors (Lipinski definition) is 1. The summed E-state index contributed by atoms with van der Waals surface area (Å²) in [6.07, 6.45) is 1.54. The minimum Gasteiger partial charge on any atom is -0.306 e. The predicted molar refractivity (Wildman–Crippen MR) is 58.8 cm³/mol.